The van der Waals surface area contributed by atoms with Gasteiger partial charge in [-0.3, -0.25) is 0 Å². The van der Waals surface area contributed by atoms with Crippen molar-refractivity contribution in [3.05, 3.63) is 12.1 Å². The Morgan fingerprint density at radius 1 is 1.14 bits per heavy atom. The zero-order chi connectivity index (χ0) is 15.6. The summed E-state index contributed by atoms with van der Waals surface area (Å²) in [5, 5.41) is 0. The van der Waals surface area contributed by atoms with Crippen molar-refractivity contribution in [3.63, 3.8) is 0 Å². The van der Waals surface area contributed by atoms with Crippen molar-refractivity contribution in [1.29, 1.82) is 0 Å². The summed E-state index contributed by atoms with van der Waals surface area (Å²) < 4.78 is 42.5. The molecule has 1 aliphatic rings. The molecule has 1 aromatic carbocycles. The smallest absolute Gasteiger partial charge is 0.250 e. The van der Waals surface area contributed by atoms with E-state index in [-0.39, 0.29) is 22.4 Å². The summed E-state index contributed by atoms with van der Waals surface area (Å²) in [6.45, 7) is 0.683. The monoisotopic (exact) mass is 316 g/mol. The summed E-state index contributed by atoms with van der Waals surface area (Å²) in [6.07, 6.45) is 0.639. The maximum Gasteiger partial charge on any atom is 0.250 e. The van der Waals surface area contributed by atoms with E-state index in [1.54, 1.807) is 0 Å². The largest absolute Gasteiger partial charge is 0.496 e. The lowest BCUT2D eigenvalue weighted by Gasteiger charge is -2.20. The Bertz CT molecular complexity index is 592. The quantitative estimate of drug-likeness (QED) is 0.847. The SMILES string of the molecule is COc1cc(OC)c(S(=O)(=O)N2CC[C@H](N)C2)c(OC)c1. The Labute approximate surface area is 124 Å². The lowest BCUT2D eigenvalue weighted by atomic mass is 10.3. The normalized spacial score (nSPS) is 19.5. The van der Waals surface area contributed by atoms with Crippen LogP contribution in [0.4, 0.5) is 0 Å². The maximum absolute atomic E-state index is 12.8. The third-order valence-corrected chi connectivity index (χ3v) is 5.38. The van der Waals surface area contributed by atoms with Crippen LogP contribution < -0.4 is 19.9 Å². The van der Waals surface area contributed by atoms with Crippen molar-refractivity contribution in [2.75, 3.05) is 34.4 Å². The summed E-state index contributed by atoms with van der Waals surface area (Å²) in [5.74, 6) is 0.833. The highest BCUT2D eigenvalue weighted by atomic mass is 32.2. The summed E-state index contributed by atoms with van der Waals surface area (Å²) in [7, 11) is 0.565. The molecule has 0 radical (unpaired) electrons. The minimum absolute atomic E-state index is 0.00222. The topological polar surface area (TPSA) is 91.1 Å². The molecule has 1 aromatic rings. The highest BCUT2D eigenvalue weighted by Crippen LogP contribution is 2.39. The summed E-state index contributed by atoms with van der Waals surface area (Å²) in [6, 6.07) is 2.89. The molecule has 2 rings (SSSR count). The average Bonchev–Trinajstić information content (AvgIpc) is 2.92. The van der Waals surface area contributed by atoms with Gasteiger partial charge in [0.25, 0.3) is 10.0 Å². The van der Waals surface area contributed by atoms with Gasteiger partial charge in [0.05, 0.1) is 21.3 Å². The number of nitrogens with zero attached hydrogens (tertiary/aromatic N) is 1. The fourth-order valence-electron chi connectivity index (χ4n) is 2.33. The summed E-state index contributed by atoms with van der Waals surface area (Å²) in [4.78, 5) is 0.00222. The van der Waals surface area contributed by atoms with Crippen LogP contribution in [-0.4, -0.2) is 53.2 Å². The Morgan fingerprint density at radius 3 is 2.10 bits per heavy atom. The first-order valence-electron chi connectivity index (χ1n) is 6.49. The predicted octanol–water partition coefficient (Wildman–Crippen LogP) is 0.434. The van der Waals surface area contributed by atoms with Crippen molar-refractivity contribution < 1.29 is 22.6 Å². The molecule has 1 saturated heterocycles. The fourth-order valence-corrected chi connectivity index (χ4v) is 4.11. The fraction of sp³-hybridized carbons (Fsp3) is 0.538. The minimum atomic E-state index is -3.73. The molecule has 1 fully saturated rings. The number of nitrogens with two attached hydrogens (primary N) is 1. The van der Waals surface area contributed by atoms with Gasteiger partial charge in [0, 0.05) is 31.3 Å². The first kappa shape index (κ1) is 15.9. The molecule has 1 heterocycles. The third-order valence-electron chi connectivity index (χ3n) is 3.46. The number of hydrogen-bond acceptors (Lipinski definition) is 6. The summed E-state index contributed by atoms with van der Waals surface area (Å²) >= 11 is 0. The molecule has 0 amide bonds. The molecule has 0 unspecified atom stereocenters. The van der Waals surface area contributed by atoms with Crippen LogP contribution in [0.5, 0.6) is 17.2 Å². The molecule has 0 bridgehead atoms. The van der Waals surface area contributed by atoms with Crippen LogP contribution in [0.1, 0.15) is 6.42 Å². The van der Waals surface area contributed by atoms with E-state index in [4.69, 9.17) is 19.9 Å². The van der Waals surface area contributed by atoms with Gasteiger partial charge in [0.2, 0.25) is 0 Å². The predicted molar refractivity (Wildman–Crippen MR) is 77.4 cm³/mol. The van der Waals surface area contributed by atoms with Gasteiger partial charge in [-0.2, -0.15) is 4.31 Å². The van der Waals surface area contributed by atoms with E-state index in [0.717, 1.165) is 0 Å². The van der Waals surface area contributed by atoms with Crippen LogP contribution >= 0.6 is 0 Å². The summed E-state index contributed by atoms with van der Waals surface area (Å²) in [5.41, 5.74) is 5.80. The van der Waals surface area contributed by atoms with Crippen LogP contribution in [0.15, 0.2) is 17.0 Å². The van der Waals surface area contributed by atoms with Gasteiger partial charge in [-0.25, -0.2) is 8.42 Å². The van der Waals surface area contributed by atoms with Gasteiger partial charge in [-0.05, 0) is 6.42 Å². The second-order valence-corrected chi connectivity index (χ2v) is 6.65. The average molecular weight is 316 g/mol. The van der Waals surface area contributed by atoms with Crippen LogP contribution in [0.2, 0.25) is 0 Å². The Kier molecular flexibility index (Phi) is 4.60. The van der Waals surface area contributed by atoms with Crippen molar-refractivity contribution in [1.82, 2.24) is 4.31 Å². The highest BCUT2D eigenvalue weighted by molar-refractivity contribution is 7.89. The zero-order valence-corrected chi connectivity index (χ0v) is 13.1. The van der Waals surface area contributed by atoms with E-state index < -0.39 is 10.0 Å². The number of hydrogen-bond donors (Lipinski definition) is 1. The third kappa shape index (κ3) is 2.92. The van der Waals surface area contributed by atoms with Crippen LogP contribution in [-0.2, 0) is 10.0 Å². The molecule has 0 saturated carbocycles. The van der Waals surface area contributed by atoms with E-state index in [9.17, 15) is 8.42 Å². The molecular formula is C13H20N2O5S. The number of methoxy groups -OCH3 is 3. The highest BCUT2D eigenvalue weighted by Gasteiger charge is 2.35. The maximum atomic E-state index is 12.8. The van der Waals surface area contributed by atoms with Crippen molar-refractivity contribution >= 4 is 10.0 Å². The van der Waals surface area contributed by atoms with Crippen molar-refractivity contribution in [2.45, 2.75) is 17.4 Å². The number of rotatable bonds is 5. The lowest BCUT2D eigenvalue weighted by molar-refractivity contribution is 0.355. The van der Waals surface area contributed by atoms with Gasteiger partial charge >= 0.3 is 0 Å². The van der Waals surface area contributed by atoms with E-state index in [2.05, 4.69) is 0 Å². The van der Waals surface area contributed by atoms with Crippen LogP contribution in [0.3, 0.4) is 0 Å². The van der Waals surface area contributed by atoms with E-state index in [0.29, 0.717) is 25.3 Å². The first-order valence-corrected chi connectivity index (χ1v) is 7.93. The van der Waals surface area contributed by atoms with Gasteiger partial charge in [-0.15, -0.1) is 0 Å². The molecule has 0 spiro atoms. The number of sulfonamides is 1. The Balaban J connectivity index is 2.56. The molecule has 1 aliphatic heterocycles. The van der Waals surface area contributed by atoms with E-state index in [1.807, 2.05) is 0 Å². The van der Waals surface area contributed by atoms with Gasteiger partial charge in [-0.1, -0.05) is 0 Å². The minimum Gasteiger partial charge on any atom is -0.496 e. The standard InChI is InChI=1S/C13H20N2O5S/c1-18-10-6-11(19-2)13(12(7-10)20-3)21(16,17)15-5-4-9(14)8-15/h6-7,9H,4-5,8,14H2,1-3H3/t9-/m0/s1. The Hall–Kier alpha value is -1.51. The van der Waals surface area contributed by atoms with E-state index >= 15 is 0 Å². The molecule has 118 valence electrons. The number of ether oxygens (including phenoxy) is 3. The van der Waals surface area contributed by atoms with E-state index in [1.165, 1.54) is 37.8 Å². The molecule has 0 aliphatic carbocycles. The Morgan fingerprint density at radius 2 is 1.71 bits per heavy atom. The molecule has 2 N–H and O–H groups in total. The lowest BCUT2D eigenvalue weighted by Crippen LogP contribution is -2.32. The molecule has 0 aromatic heterocycles. The van der Waals surface area contributed by atoms with Gasteiger partial charge < -0.3 is 19.9 Å². The molecule has 1 atom stereocenters. The molecule has 7 nitrogen and oxygen atoms in total. The molecule has 8 heteroatoms. The van der Waals surface area contributed by atoms with Gasteiger partial charge in [0.15, 0.2) is 4.90 Å². The van der Waals surface area contributed by atoms with Crippen molar-refractivity contribution in [3.8, 4) is 17.2 Å². The second kappa shape index (κ2) is 6.08. The second-order valence-electron chi connectivity index (χ2n) is 4.77. The molecular weight excluding hydrogens is 296 g/mol. The van der Waals surface area contributed by atoms with Crippen LogP contribution in [0.25, 0.3) is 0 Å². The first-order chi connectivity index (χ1) is 9.93. The van der Waals surface area contributed by atoms with Gasteiger partial charge in [0.1, 0.15) is 17.2 Å². The van der Waals surface area contributed by atoms with Crippen LogP contribution in [0, 0.1) is 0 Å². The molecule has 21 heavy (non-hydrogen) atoms. The zero-order valence-electron chi connectivity index (χ0n) is 12.3. The number of benzene rings is 1. The van der Waals surface area contributed by atoms with Crippen molar-refractivity contribution in [2.24, 2.45) is 5.73 Å².